The van der Waals surface area contributed by atoms with Gasteiger partial charge in [-0.25, -0.2) is 0 Å². The Labute approximate surface area is 88.7 Å². The lowest BCUT2D eigenvalue weighted by atomic mass is 9.85. The van der Waals surface area contributed by atoms with Crippen LogP contribution in [0.1, 0.15) is 27.2 Å². The molecule has 0 aromatic rings. The molecular weight excluding hydrogens is 194 g/mol. The number of esters is 1. The van der Waals surface area contributed by atoms with Crippen LogP contribution in [0, 0.1) is 5.92 Å². The molecule has 0 heterocycles. The van der Waals surface area contributed by atoms with E-state index in [9.17, 15) is 4.79 Å². The lowest BCUT2D eigenvalue weighted by molar-refractivity contribution is -0.149. The number of nitrogens with zero attached hydrogens (tertiary/aromatic N) is 3. The van der Waals surface area contributed by atoms with E-state index >= 15 is 0 Å². The molecule has 0 spiro atoms. The van der Waals surface area contributed by atoms with Crippen molar-refractivity contribution in [3.8, 4) is 0 Å². The summed E-state index contributed by atoms with van der Waals surface area (Å²) in [4.78, 5) is 13.7. The van der Waals surface area contributed by atoms with Gasteiger partial charge in [0.1, 0.15) is 6.10 Å². The van der Waals surface area contributed by atoms with E-state index in [4.69, 9.17) is 10.3 Å². The van der Waals surface area contributed by atoms with Crippen molar-refractivity contribution < 1.29 is 9.53 Å². The number of azide groups is 1. The molecule has 0 aromatic heterocycles. The van der Waals surface area contributed by atoms with E-state index in [1.54, 1.807) is 0 Å². The van der Waals surface area contributed by atoms with Crippen molar-refractivity contribution in [3.63, 3.8) is 0 Å². The number of hydrogen-bond donors (Lipinski definition) is 0. The fourth-order valence-electron chi connectivity index (χ4n) is 1.79. The van der Waals surface area contributed by atoms with Crippen LogP contribution in [0.25, 0.3) is 10.4 Å². The molecule has 0 fully saturated rings. The third-order valence-corrected chi connectivity index (χ3v) is 2.61. The molecule has 82 valence electrons. The lowest BCUT2D eigenvalue weighted by Gasteiger charge is -2.31. The Hall–Kier alpha value is -1.48. The topological polar surface area (TPSA) is 75.1 Å². The van der Waals surface area contributed by atoms with Crippen LogP contribution in [-0.4, -0.2) is 18.1 Å². The molecule has 5 heteroatoms. The van der Waals surface area contributed by atoms with Gasteiger partial charge in [-0.15, -0.1) is 0 Å². The first kappa shape index (κ1) is 11.6. The largest absolute Gasteiger partial charge is 0.462 e. The van der Waals surface area contributed by atoms with Gasteiger partial charge in [-0.2, -0.15) is 0 Å². The molecule has 1 aliphatic carbocycles. The second-order valence-corrected chi connectivity index (χ2v) is 3.92. The van der Waals surface area contributed by atoms with Gasteiger partial charge < -0.3 is 4.74 Å². The molecule has 1 rings (SSSR count). The van der Waals surface area contributed by atoms with Gasteiger partial charge in [0.05, 0.1) is 6.04 Å². The number of carbonyl (C=O) groups excluding carboxylic acids is 1. The normalized spacial score (nSPS) is 30.1. The fraction of sp³-hybridized carbons (Fsp3) is 0.700. The Morgan fingerprint density at radius 1 is 1.73 bits per heavy atom. The van der Waals surface area contributed by atoms with Gasteiger partial charge in [0.15, 0.2) is 0 Å². The number of carbonyl (C=O) groups is 1. The predicted octanol–water partition coefficient (Wildman–Crippen LogP) is 2.58. The number of rotatable bonds is 2. The van der Waals surface area contributed by atoms with Crippen LogP contribution in [0.5, 0.6) is 0 Å². The second-order valence-electron chi connectivity index (χ2n) is 3.92. The number of hydrogen-bond acceptors (Lipinski definition) is 3. The maximum atomic E-state index is 10.9. The molecule has 0 aromatic carbocycles. The zero-order valence-corrected chi connectivity index (χ0v) is 9.17. The van der Waals surface area contributed by atoms with Crippen molar-refractivity contribution in [2.75, 3.05) is 0 Å². The van der Waals surface area contributed by atoms with Crippen molar-refractivity contribution in [2.45, 2.75) is 39.3 Å². The summed E-state index contributed by atoms with van der Waals surface area (Å²) in [6.07, 6.45) is 2.48. The van der Waals surface area contributed by atoms with Gasteiger partial charge in [0.2, 0.25) is 0 Å². The molecule has 0 radical (unpaired) electrons. The van der Waals surface area contributed by atoms with E-state index in [0.29, 0.717) is 0 Å². The molecule has 15 heavy (non-hydrogen) atoms. The Morgan fingerprint density at radius 2 is 2.40 bits per heavy atom. The first-order valence-corrected chi connectivity index (χ1v) is 4.93. The van der Waals surface area contributed by atoms with Crippen LogP contribution in [0.4, 0.5) is 0 Å². The second kappa shape index (κ2) is 4.84. The monoisotopic (exact) mass is 209 g/mol. The summed E-state index contributed by atoms with van der Waals surface area (Å²) in [5.74, 6) is -0.255. The molecule has 0 aliphatic heterocycles. The van der Waals surface area contributed by atoms with Gasteiger partial charge >= 0.3 is 5.97 Å². The fourth-order valence-corrected chi connectivity index (χ4v) is 1.79. The van der Waals surface area contributed by atoms with E-state index in [1.165, 1.54) is 6.92 Å². The molecule has 1 aliphatic rings. The highest BCUT2D eigenvalue weighted by Gasteiger charge is 2.30. The summed E-state index contributed by atoms with van der Waals surface area (Å²) in [7, 11) is 0. The summed E-state index contributed by atoms with van der Waals surface area (Å²) in [6.45, 7) is 5.26. The summed E-state index contributed by atoms with van der Waals surface area (Å²) in [5.41, 5.74) is 9.51. The molecule has 0 N–H and O–H groups in total. The summed E-state index contributed by atoms with van der Waals surface area (Å²) in [6, 6.07) is -0.215. The van der Waals surface area contributed by atoms with Crippen LogP contribution < -0.4 is 0 Å². The van der Waals surface area contributed by atoms with E-state index in [-0.39, 0.29) is 24.0 Å². The first-order chi connectivity index (χ1) is 7.04. The Balaban J connectivity index is 2.82. The summed E-state index contributed by atoms with van der Waals surface area (Å²) in [5, 5.41) is 3.69. The van der Waals surface area contributed by atoms with Gasteiger partial charge in [0.25, 0.3) is 0 Å². The molecule has 0 amide bonds. The molecule has 0 bridgehead atoms. The molecule has 5 nitrogen and oxygen atoms in total. The quantitative estimate of drug-likeness (QED) is 0.230. The minimum atomic E-state index is -0.291. The van der Waals surface area contributed by atoms with Crippen LogP contribution in [-0.2, 0) is 9.53 Å². The third kappa shape index (κ3) is 2.99. The third-order valence-electron chi connectivity index (χ3n) is 2.61. The maximum absolute atomic E-state index is 10.9. The first-order valence-electron chi connectivity index (χ1n) is 4.93. The van der Waals surface area contributed by atoms with Gasteiger partial charge in [0, 0.05) is 24.2 Å². The molecule has 0 saturated carbocycles. The average molecular weight is 209 g/mol. The van der Waals surface area contributed by atoms with Crippen LogP contribution >= 0.6 is 0 Å². The van der Waals surface area contributed by atoms with Crippen LogP contribution in [0.15, 0.2) is 16.8 Å². The zero-order chi connectivity index (χ0) is 11.4. The Bertz CT molecular complexity index is 332. The number of ether oxygens (including phenoxy) is 1. The highest BCUT2D eigenvalue weighted by atomic mass is 16.5. The van der Waals surface area contributed by atoms with Crippen LogP contribution in [0.2, 0.25) is 0 Å². The van der Waals surface area contributed by atoms with E-state index in [2.05, 4.69) is 10.0 Å². The highest BCUT2D eigenvalue weighted by molar-refractivity contribution is 5.66. The molecule has 0 saturated heterocycles. The van der Waals surface area contributed by atoms with Gasteiger partial charge in [-0.1, -0.05) is 23.7 Å². The molecule has 3 atom stereocenters. The van der Waals surface area contributed by atoms with E-state index in [1.807, 2.05) is 19.9 Å². The lowest BCUT2D eigenvalue weighted by Crippen LogP contribution is -2.34. The van der Waals surface area contributed by atoms with Crippen molar-refractivity contribution >= 4 is 5.97 Å². The Kier molecular flexibility index (Phi) is 3.74. The Morgan fingerprint density at radius 3 is 2.93 bits per heavy atom. The van der Waals surface area contributed by atoms with Crippen molar-refractivity contribution in [3.05, 3.63) is 22.1 Å². The summed E-state index contributed by atoms with van der Waals surface area (Å²) < 4.78 is 5.19. The molecular formula is C10H15N3O2. The van der Waals surface area contributed by atoms with Crippen molar-refractivity contribution in [1.29, 1.82) is 0 Å². The predicted molar refractivity (Wildman–Crippen MR) is 56.0 cm³/mol. The van der Waals surface area contributed by atoms with E-state index < -0.39 is 0 Å². The van der Waals surface area contributed by atoms with Crippen molar-refractivity contribution in [2.24, 2.45) is 11.0 Å². The minimum Gasteiger partial charge on any atom is -0.462 e. The maximum Gasteiger partial charge on any atom is 0.302 e. The van der Waals surface area contributed by atoms with E-state index in [0.717, 1.165) is 12.0 Å². The minimum absolute atomic E-state index is 0.0356. The van der Waals surface area contributed by atoms with Crippen LogP contribution in [0.3, 0.4) is 0 Å². The summed E-state index contributed by atoms with van der Waals surface area (Å²) >= 11 is 0. The SMILES string of the molecule is CC(=O)O[C@@H]1CC(C)=C[C@H](N=[N+]=[N-])[C@H]1C. The average Bonchev–Trinajstić information content (AvgIpc) is 2.12. The standard InChI is InChI=1S/C10H15N3O2/c1-6-4-9(12-13-11)7(2)10(5-6)15-8(3)14/h4,7,9-10H,5H2,1-3H3/t7-,9+,10-/m1/s1. The smallest absolute Gasteiger partial charge is 0.302 e. The zero-order valence-electron chi connectivity index (χ0n) is 9.17. The van der Waals surface area contributed by atoms with Gasteiger partial charge in [-0.05, 0) is 12.5 Å². The molecule has 0 unspecified atom stereocenters. The highest BCUT2D eigenvalue weighted by Crippen LogP contribution is 2.28. The van der Waals surface area contributed by atoms with Crippen molar-refractivity contribution in [1.82, 2.24) is 0 Å². The van der Waals surface area contributed by atoms with Gasteiger partial charge in [-0.3, -0.25) is 4.79 Å².